The van der Waals surface area contributed by atoms with Gasteiger partial charge in [-0.05, 0) is 77.4 Å². The molecule has 37 heavy (non-hydrogen) atoms. The van der Waals surface area contributed by atoms with E-state index in [0.29, 0.717) is 0 Å². The highest BCUT2D eigenvalue weighted by molar-refractivity contribution is 9.10. The molecule has 176 valence electrons. The molecule has 0 aliphatic heterocycles. The second-order valence-corrected chi connectivity index (χ2v) is 11.4. The van der Waals surface area contributed by atoms with Crippen molar-refractivity contribution in [3.05, 3.63) is 119 Å². The molecule has 1 nitrogen and oxygen atoms in total. The van der Waals surface area contributed by atoms with Gasteiger partial charge in [-0.15, -0.1) is 0 Å². The zero-order valence-electron chi connectivity index (χ0n) is 20.6. The minimum atomic E-state index is -0.185. The van der Waals surface area contributed by atoms with Crippen molar-refractivity contribution in [3.8, 4) is 22.3 Å². The van der Waals surface area contributed by atoms with Crippen molar-refractivity contribution >= 4 is 59.4 Å². The number of hydrogen-bond acceptors (Lipinski definition) is 1. The molecule has 0 N–H and O–H groups in total. The molecule has 0 saturated carbocycles. The fourth-order valence-corrected chi connectivity index (χ4v) is 7.38. The van der Waals surface area contributed by atoms with Crippen LogP contribution in [0, 0.1) is 0 Å². The summed E-state index contributed by atoms with van der Waals surface area (Å²) in [5.74, 6) is 0. The lowest BCUT2D eigenvalue weighted by Crippen LogP contribution is -2.15. The summed E-state index contributed by atoms with van der Waals surface area (Å²) in [4.78, 5) is 0. The third kappa shape index (κ3) is 2.69. The second kappa shape index (κ2) is 7.34. The Morgan fingerprint density at radius 1 is 0.541 bits per heavy atom. The average molecular weight is 539 g/mol. The first-order valence-corrected chi connectivity index (χ1v) is 13.5. The molecule has 7 aromatic rings. The molecule has 0 saturated heterocycles. The summed E-state index contributed by atoms with van der Waals surface area (Å²) in [6.45, 7) is 4.68. The molecule has 2 heteroatoms. The second-order valence-electron chi connectivity index (χ2n) is 10.6. The first kappa shape index (κ1) is 21.2. The van der Waals surface area contributed by atoms with E-state index in [0.717, 1.165) is 15.6 Å². The van der Waals surface area contributed by atoms with Crippen LogP contribution in [0.2, 0.25) is 0 Å². The Labute approximate surface area is 223 Å². The Morgan fingerprint density at radius 3 is 1.86 bits per heavy atom. The number of halogens is 1. The number of hydrogen-bond donors (Lipinski definition) is 0. The Morgan fingerprint density at radius 2 is 1.16 bits per heavy atom. The Kier molecular flexibility index (Phi) is 4.21. The predicted molar refractivity (Wildman–Crippen MR) is 159 cm³/mol. The van der Waals surface area contributed by atoms with E-state index in [1.807, 2.05) is 6.07 Å². The molecule has 0 spiro atoms. The van der Waals surface area contributed by atoms with Crippen LogP contribution >= 0.6 is 15.9 Å². The van der Waals surface area contributed by atoms with E-state index in [-0.39, 0.29) is 5.41 Å². The van der Waals surface area contributed by atoms with Gasteiger partial charge >= 0.3 is 0 Å². The van der Waals surface area contributed by atoms with E-state index in [9.17, 15) is 0 Å². The lowest BCUT2D eigenvalue weighted by atomic mass is 9.81. The fraction of sp³-hybridized carbons (Fsp3) is 0.0857. The maximum atomic E-state index is 6.56. The lowest BCUT2D eigenvalue weighted by Gasteiger charge is -2.22. The molecule has 0 atom stereocenters. The van der Waals surface area contributed by atoms with Gasteiger partial charge in [0.25, 0.3) is 0 Å². The summed E-state index contributed by atoms with van der Waals surface area (Å²) in [5, 5.41) is 7.36. The van der Waals surface area contributed by atoms with Crippen molar-refractivity contribution in [2.24, 2.45) is 0 Å². The summed E-state index contributed by atoms with van der Waals surface area (Å²) in [6.07, 6.45) is 0. The first-order chi connectivity index (χ1) is 18.1. The van der Waals surface area contributed by atoms with Crippen molar-refractivity contribution in [3.63, 3.8) is 0 Å². The van der Waals surface area contributed by atoms with Crippen molar-refractivity contribution in [1.82, 2.24) is 0 Å². The van der Waals surface area contributed by atoms with Crippen LogP contribution in [-0.2, 0) is 5.41 Å². The van der Waals surface area contributed by atoms with E-state index in [2.05, 4.69) is 127 Å². The highest BCUT2D eigenvalue weighted by Gasteiger charge is 2.40. The molecule has 0 unspecified atom stereocenters. The van der Waals surface area contributed by atoms with Gasteiger partial charge in [-0.3, -0.25) is 0 Å². The highest BCUT2D eigenvalue weighted by Crippen LogP contribution is 2.56. The summed E-state index contributed by atoms with van der Waals surface area (Å²) < 4.78 is 7.71. The van der Waals surface area contributed by atoms with Crippen LogP contribution in [0.15, 0.2) is 112 Å². The summed E-state index contributed by atoms with van der Waals surface area (Å²) >= 11 is 3.93. The van der Waals surface area contributed by atoms with Crippen molar-refractivity contribution in [2.75, 3.05) is 0 Å². The van der Waals surface area contributed by atoms with Gasteiger partial charge < -0.3 is 4.42 Å². The van der Waals surface area contributed by atoms with E-state index in [1.54, 1.807) is 0 Å². The molecular formula is C35H23BrO. The number of fused-ring (bicyclic) bond motifs is 9. The van der Waals surface area contributed by atoms with Crippen LogP contribution in [0.1, 0.15) is 25.0 Å². The maximum absolute atomic E-state index is 6.56. The van der Waals surface area contributed by atoms with Crippen molar-refractivity contribution in [2.45, 2.75) is 19.3 Å². The number of benzene rings is 6. The smallest absolute Gasteiger partial charge is 0.140 e. The predicted octanol–water partition coefficient (Wildman–Crippen LogP) is 10.6. The van der Waals surface area contributed by atoms with Gasteiger partial charge in [0.1, 0.15) is 11.2 Å². The minimum absolute atomic E-state index is 0.185. The van der Waals surface area contributed by atoms with Crippen LogP contribution in [-0.4, -0.2) is 0 Å². The largest absolute Gasteiger partial charge is 0.456 e. The van der Waals surface area contributed by atoms with E-state index in [4.69, 9.17) is 4.42 Å². The van der Waals surface area contributed by atoms with Gasteiger partial charge in [-0.25, -0.2) is 0 Å². The molecule has 1 heterocycles. The van der Waals surface area contributed by atoms with Crippen LogP contribution in [0.4, 0.5) is 0 Å². The van der Waals surface area contributed by atoms with E-state index in [1.165, 1.54) is 65.7 Å². The zero-order chi connectivity index (χ0) is 24.9. The molecule has 0 amide bonds. The lowest BCUT2D eigenvalue weighted by molar-refractivity contribution is 0.620. The minimum Gasteiger partial charge on any atom is -0.456 e. The molecule has 0 bridgehead atoms. The van der Waals surface area contributed by atoms with Gasteiger partial charge in [-0.2, -0.15) is 0 Å². The molecule has 1 aliphatic rings. The molecule has 0 fully saturated rings. The normalized spacial score (nSPS) is 14.0. The van der Waals surface area contributed by atoms with Crippen molar-refractivity contribution < 1.29 is 4.42 Å². The van der Waals surface area contributed by atoms with Gasteiger partial charge in [0.15, 0.2) is 0 Å². The summed E-state index contributed by atoms with van der Waals surface area (Å²) in [5.41, 5.74) is 9.58. The maximum Gasteiger partial charge on any atom is 0.140 e. The Balaban J connectivity index is 1.54. The van der Waals surface area contributed by atoms with Gasteiger partial charge in [0, 0.05) is 26.2 Å². The fourth-order valence-electron chi connectivity index (χ4n) is 6.69. The van der Waals surface area contributed by atoms with Gasteiger partial charge in [0.2, 0.25) is 0 Å². The van der Waals surface area contributed by atoms with Gasteiger partial charge in [-0.1, -0.05) is 105 Å². The van der Waals surface area contributed by atoms with E-state index < -0.39 is 0 Å². The zero-order valence-corrected chi connectivity index (χ0v) is 22.2. The number of rotatable bonds is 1. The Bertz CT molecular complexity index is 2020. The standard InChI is InChI=1S/C35H23BrO/c1-35(2)28-16-9-15-26(30-21-11-3-5-13-23(21)33(36)24-14-6-4-12-22(24)30)31(28)27-19-18-25-20-10-7-8-17-29(20)37-34(25)32(27)35/h3-19H,1-2H3. The Hall–Kier alpha value is -3.88. The number of furan rings is 1. The third-order valence-electron chi connectivity index (χ3n) is 8.31. The molecule has 8 rings (SSSR count). The molecule has 0 radical (unpaired) electrons. The topological polar surface area (TPSA) is 13.1 Å². The summed E-state index contributed by atoms with van der Waals surface area (Å²) in [7, 11) is 0. The number of para-hydroxylation sites is 1. The van der Waals surface area contributed by atoms with Crippen LogP contribution < -0.4 is 0 Å². The summed E-state index contributed by atoms with van der Waals surface area (Å²) in [6, 6.07) is 37.2. The average Bonchev–Trinajstić information content (AvgIpc) is 3.42. The first-order valence-electron chi connectivity index (χ1n) is 12.7. The van der Waals surface area contributed by atoms with E-state index >= 15 is 0 Å². The van der Waals surface area contributed by atoms with Crippen LogP contribution in [0.5, 0.6) is 0 Å². The SMILES string of the molecule is CC1(C)c2cccc(-c3c4ccccc4c(Br)c4ccccc34)c2-c2ccc3c(oc4ccccc43)c21. The molecular weight excluding hydrogens is 516 g/mol. The highest BCUT2D eigenvalue weighted by atomic mass is 79.9. The molecule has 1 aliphatic carbocycles. The monoisotopic (exact) mass is 538 g/mol. The third-order valence-corrected chi connectivity index (χ3v) is 9.17. The molecule has 6 aromatic carbocycles. The van der Waals surface area contributed by atoms with Crippen LogP contribution in [0.25, 0.3) is 65.7 Å². The van der Waals surface area contributed by atoms with Gasteiger partial charge in [0.05, 0.1) is 0 Å². The van der Waals surface area contributed by atoms with Crippen LogP contribution in [0.3, 0.4) is 0 Å². The molecule has 1 aromatic heterocycles. The van der Waals surface area contributed by atoms with Crippen molar-refractivity contribution in [1.29, 1.82) is 0 Å². The quantitative estimate of drug-likeness (QED) is 0.189.